The molecule has 0 spiro atoms. The lowest BCUT2D eigenvalue weighted by Gasteiger charge is -2.07. The number of amides is 1. The number of halogens is 1. The molecule has 0 saturated heterocycles. The summed E-state index contributed by atoms with van der Waals surface area (Å²) in [4.78, 5) is 12.1. The fourth-order valence-corrected chi connectivity index (χ4v) is 2.33. The van der Waals surface area contributed by atoms with Crippen LogP contribution in [0.4, 0.5) is 0 Å². The molecule has 3 rings (SSSR count). The number of hydrogen-bond acceptors (Lipinski definition) is 4. The monoisotopic (exact) mass is 371 g/mol. The Kier molecular flexibility index (Phi) is 4.47. The minimum absolute atomic E-state index is 0.157. The van der Waals surface area contributed by atoms with Crippen LogP contribution in [0.2, 0.25) is 0 Å². The third kappa shape index (κ3) is 3.62. The molecule has 2 aromatic carbocycles. The summed E-state index contributed by atoms with van der Waals surface area (Å²) in [6, 6.07) is 15.0. The van der Waals surface area contributed by atoms with Crippen LogP contribution in [0, 0.1) is 6.92 Å². The van der Waals surface area contributed by atoms with E-state index in [4.69, 9.17) is 0 Å². The van der Waals surface area contributed by atoms with E-state index in [1.807, 2.05) is 43.3 Å². The summed E-state index contributed by atoms with van der Waals surface area (Å²) >= 11 is 3.39. The van der Waals surface area contributed by atoms with Crippen LogP contribution in [0.5, 0.6) is 0 Å². The first-order valence-corrected chi connectivity index (χ1v) is 7.81. The highest BCUT2D eigenvalue weighted by Gasteiger charge is 2.11. The van der Waals surface area contributed by atoms with E-state index in [9.17, 15) is 4.79 Å². The van der Waals surface area contributed by atoms with Crippen LogP contribution in [-0.2, 0) is 6.54 Å². The predicted molar refractivity (Wildman–Crippen MR) is 89.2 cm³/mol. The van der Waals surface area contributed by atoms with Crippen molar-refractivity contribution in [3.8, 4) is 5.69 Å². The van der Waals surface area contributed by atoms with E-state index in [0.29, 0.717) is 11.4 Å². The van der Waals surface area contributed by atoms with Gasteiger partial charge in [-0.25, -0.2) is 0 Å². The lowest BCUT2D eigenvalue weighted by atomic mass is 10.1. The molecule has 0 fully saturated rings. The van der Waals surface area contributed by atoms with Gasteiger partial charge >= 0.3 is 0 Å². The number of hydrogen-bond donors (Lipinski definition) is 1. The van der Waals surface area contributed by atoms with Crippen LogP contribution in [0.25, 0.3) is 5.69 Å². The van der Waals surface area contributed by atoms with Crippen molar-refractivity contribution in [1.82, 2.24) is 25.5 Å². The number of tetrazole rings is 1. The van der Waals surface area contributed by atoms with Crippen molar-refractivity contribution in [1.29, 1.82) is 0 Å². The SMILES string of the molecule is Cc1ccc(C(=O)NCc2nnnn2-c2ccc(Br)cc2)cc1. The molecule has 116 valence electrons. The van der Waals surface area contributed by atoms with E-state index in [-0.39, 0.29) is 12.5 Å². The van der Waals surface area contributed by atoms with E-state index < -0.39 is 0 Å². The van der Waals surface area contributed by atoms with Crippen LogP contribution in [-0.4, -0.2) is 26.1 Å². The lowest BCUT2D eigenvalue weighted by Crippen LogP contribution is -2.24. The molecule has 0 aliphatic heterocycles. The zero-order valence-electron chi connectivity index (χ0n) is 12.4. The Bertz CT molecular complexity index is 811. The fourth-order valence-electron chi connectivity index (χ4n) is 2.07. The van der Waals surface area contributed by atoms with Crippen molar-refractivity contribution in [2.24, 2.45) is 0 Å². The number of aromatic nitrogens is 4. The molecular weight excluding hydrogens is 358 g/mol. The number of benzene rings is 2. The molecule has 0 bridgehead atoms. The molecule has 3 aromatic rings. The Balaban J connectivity index is 1.72. The highest BCUT2D eigenvalue weighted by Crippen LogP contribution is 2.14. The summed E-state index contributed by atoms with van der Waals surface area (Å²) in [5.74, 6) is 0.406. The van der Waals surface area contributed by atoms with E-state index >= 15 is 0 Å². The molecule has 1 N–H and O–H groups in total. The summed E-state index contributed by atoms with van der Waals surface area (Å²) in [7, 11) is 0. The van der Waals surface area contributed by atoms with Crippen LogP contribution in [0.15, 0.2) is 53.0 Å². The fraction of sp³-hybridized carbons (Fsp3) is 0.125. The molecular formula is C16H14BrN5O. The van der Waals surface area contributed by atoms with Crippen LogP contribution < -0.4 is 5.32 Å². The van der Waals surface area contributed by atoms with Crippen LogP contribution in [0.3, 0.4) is 0 Å². The maximum Gasteiger partial charge on any atom is 0.251 e. The zero-order valence-corrected chi connectivity index (χ0v) is 14.0. The number of carbonyl (C=O) groups excluding carboxylic acids is 1. The van der Waals surface area contributed by atoms with Crippen LogP contribution in [0.1, 0.15) is 21.7 Å². The molecule has 7 heteroatoms. The molecule has 1 heterocycles. The normalized spacial score (nSPS) is 10.5. The summed E-state index contributed by atoms with van der Waals surface area (Å²) in [5.41, 5.74) is 2.55. The van der Waals surface area contributed by atoms with Gasteiger partial charge in [0.1, 0.15) is 0 Å². The quantitative estimate of drug-likeness (QED) is 0.764. The molecule has 0 aliphatic carbocycles. The Morgan fingerprint density at radius 3 is 2.52 bits per heavy atom. The van der Waals surface area contributed by atoms with Gasteiger partial charge in [-0.15, -0.1) is 5.10 Å². The van der Waals surface area contributed by atoms with Gasteiger partial charge in [-0.05, 0) is 53.7 Å². The highest BCUT2D eigenvalue weighted by molar-refractivity contribution is 9.10. The Morgan fingerprint density at radius 1 is 1.13 bits per heavy atom. The van der Waals surface area contributed by atoms with Gasteiger partial charge in [0.25, 0.3) is 5.91 Å². The van der Waals surface area contributed by atoms with Gasteiger partial charge in [0.05, 0.1) is 12.2 Å². The second-order valence-electron chi connectivity index (χ2n) is 5.03. The van der Waals surface area contributed by atoms with Crippen molar-refractivity contribution in [2.75, 3.05) is 0 Å². The first-order chi connectivity index (χ1) is 11.1. The van der Waals surface area contributed by atoms with Crippen molar-refractivity contribution >= 4 is 21.8 Å². The Hall–Kier alpha value is -2.54. The van der Waals surface area contributed by atoms with E-state index in [1.54, 1.807) is 16.8 Å². The number of carbonyl (C=O) groups is 1. The van der Waals surface area contributed by atoms with Gasteiger partial charge in [-0.1, -0.05) is 33.6 Å². The van der Waals surface area contributed by atoms with E-state index in [0.717, 1.165) is 15.7 Å². The smallest absolute Gasteiger partial charge is 0.251 e. The standard InChI is InChI=1S/C16H14BrN5O/c1-11-2-4-12(5-3-11)16(23)18-10-15-19-20-21-22(15)14-8-6-13(17)7-9-14/h2-9H,10H2,1H3,(H,18,23). The predicted octanol–water partition coefficient (Wildman–Crippen LogP) is 2.66. The highest BCUT2D eigenvalue weighted by atomic mass is 79.9. The topological polar surface area (TPSA) is 72.7 Å². The van der Waals surface area contributed by atoms with Gasteiger partial charge in [-0.3, -0.25) is 4.79 Å². The lowest BCUT2D eigenvalue weighted by molar-refractivity contribution is 0.0949. The van der Waals surface area contributed by atoms with Crippen molar-refractivity contribution in [2.45, 2.75) is 13.5 Å². The summed E-state index contributed by atoms with van der Waals surface area (Å²) in [5, 5.41) is 14.5. The average molecular weight is 372 g/mol. The number of nitrogens with one attached hydrogen (secondary N) is 1. The molecule has 0 saturated carbocycles. The number of aryl methyl sites for hydroxylation is 1. The van der Waals surface area contributed by atoms with Gasteiger partial charge < -0.3 is 5.32 Å². The minimum Gasteiger partial charge on any atom is -0.345 e. The van der Waals surface area contributed by atoms with Gasteiger partial charge in [-0.2, -0.15) is 4.68 Å². The summed E-state index contributed by atoms with van der Waals surface area (Å²) in [6.07, 6.45) is 0. The van der Waals surface area contributed by atoms with Crippen molar-refractivity contribution < 1.29 is 4.79 Å². The molecule has 0 radical (unpaired) electrons. The minimum atomic E-state index is -0.157. The van der Waals surface area contributed by atoms with E-state index in [1.165, 1.54) is 0 Å². The molecule has 23 heavy (non-hydrogen) atoms. The molecule has 0 atom stereocenters. The van der Waals surface area contributed by atoms with Crippen molar-refractivity contribution in [3.63, 3.8) is 0 Å². The van der Waals surface area contributed by atoms with Crippen molar-refractivity contribution in [3.05, 3.63) is 70.0 Å². The first-order valence-electron chi connectivity index (χ1n) is 7.01. The second kappa shape index (κ2) is 6.70. The maximum atomic E-state index is 12.1. The molecule has 1 amide bonds. The summed E-state index contributed by atoms with van der Waals surface area (Å²) in [6.45, 7) is 2.23. The largest absolute Gasteiger partial charge is 0.345 e. The van der Waals surface area contributed by atoms with Gasteiger partial charge in [0.15, 0.2) is 5.82 Å². The molecule has 0 aliphatic rings. The average Bonchev–Trinajstić information content (AvgIpc) is 3.02. The third-order valence-corrected chi connectivity index (χ3v) is 3.85. The molecule has 1 aromatic heterocycles. The molecule has 6 nitrogen and oxygen atoms in total. The Labute approximate surface area is 141 Å². The van der Waals surface area contributed by atoms with Gasteiger partial charge in [0.2, 0.25) is 0 Å². The Morgan fingerprint density at radius 2 is 1.83 bits per heavy atom. The first kappa shape index (κ1) is 15.4. The second-order valence-corrected chi connectivity index (χ2v) is 5.95. The third-order valence-electron chi connectivity index (χ3n) is 3.33. The van der Waals surface area contributed by atoms with Gasteiger partial charge in [0, 0.05) is 10.0 Å². The zero-order chi connectivity index (χ0) is 16.2. The number of rotatable bonds is 4. The number of nitrogens with zero attached hydrogens (tertiary/aromatic N) is 4. The molecule has 0 unspecified atom stereocenters. The van der Waals surface area contributed by atoms with E-state index in [2.05, 4.69) is 36.8 Å². The summed E-state index contributed by atoms with van der Waals surface area (Å²) < 4.78 is 2.57. The maximum absolute atomic E-state index is 12.1. The van der Waals surface area contributed by atoms with Crippen LogP contribution >= 0.6 is 15.9 Å².